The van der Waals surface area contributed by atoms with Crippen molar-refractivity contribution < 1.29 is 23.6 Å². The first-order valence-corrected chi connectivity index (χ1v) is 9.08. The molecule has 0 atom stereocenters. The van der Waals surface area contributed by atoms with Crippen LogP contribution in [0.1, 0.15) is 27.1 Å². The Hall–Kier alpha value is -3.91. The summed E-state index contributed by atoms with van der Waals surface area (Å²) >= 11 is 0. The van der Waals surface area contributed by atoms with Crippen LogP contribution in [0.5, 0.6) is 17.2 Å². The molecule has 154 valence electrons. The molecule has 1 amide bonds. The lowest BCUT2D eigenvalue weighted by Crippen LogP contribution is -2.26. The second kappa shape index (κ2) is 9.53. The number of benzene rings is 3. The number of para-hydroxylation sites is 1. The molecule has 0 saturated heterocycles. The summed E-state index contributed by atoms with van der Waals surface area (Å²) in [5.74, 6) is 5.33. The molecule has 3 rings (SSSR count). The Morgan fingerprint density at radius 1 is 0.933 bits per heavy atom. The molecule has 3 aromatic rings. The lowest BCUT2D eigenvalue weighted by molar-refractivity contribution is 0.0940. The third-order valence-corrected chi connectivity index (χ3v) is 4.30. The monoisotopic (exact) mass is 409 g/mol. The van der Waals surface area contributed by atoms with Crippen molar-refractivity contribution in [1.29, 1.82) is 0 Å². The average Bonchev–Trinajstić information content (AvgIpc) is 2.76. The molecule has 0 bridgehead atoms. The smallest absolute Gasteiger partial charge is 0.251 e. The summed E-state index contributed by atoms with van der Waals surface area (Å²) in [5, 5.41) is 2.63. The maximum Gasteiger partial charge on any atom is 0.251 e. The van der Waals surface area contributed by atoms with Crippen molar-refractivity contribution >= 4 is 17.4 Å². The molecule has 0 spiro atoms. The minimum atomic E-state index is -0.428. The van der Waals surface area contributed by atoms with Gasteiger partial charge in [-0.25, -0.2) is 4.39 Å². The Labute approximate surface area is 172 Å². The van der Waals surface area contributed by atoms with Gasteiger partial charge in [0.05, 0.1) is 5.69 Å². The second-order valence-electron chi connectivity index (χ2n) is 6.34. The van der Waals surface area contributed by atoms with Gasteiger partial charge in [0.1, 0.15) is 17.3 Å². The molecule has 0 aliphatic carbocycles. The Balaban J connectivity index is 1.61. The quantitative estimate of drug-likeness (QED) is 0.298. The number of Topliss-reactive ketones (excluding diaryl/α,β-unsaturated/α-hetero) is 1. The van der Waals surface area contributed by atoms with Gasteiger partial charge in [-0.05, 0) is 60.7 Å². The van der Waals surface area contributed by atoms with Crippen LogP contribution in [0.2, 0.25) is 0 Å². The number of amides is 1. The highest BCUT2D eigenvalue weighted by atomic mass is 19.1. The minimum absolute atomic E-state index is 0.0448. The maximum absolute atomic E-state index is 12.9. The molecule has 0 aliphatic heterocycles. The zero-order valence-electron chi connectivity index (χ0n) is 15.9. The fraction of sp³-hybridized carbons (Fsp3) is 0.0909. The van der Waals surface area contributed by atoms with Gasteiger partial charge in [0.2, 0.25) is 0 Å². The zero-order chi connectivity index (χ0) is 21.5. The van der Waals surface area contributed by atoms with Gasteiger partial charge in [-0.15, -0.1) is 0 Å². The number of ketones is 1. The highest BCUT2D eigenvalue weighted by Crippen LogP contribution is 2.31. The number of rotatable bonds is 8. The number of nitrogens with two attached hydrogens (primary N) is 2. The molecule has 0 unspecified atom stereocenters. The van der Waals surface area contributed by atoms with Crippen LogP contribution in [-0.4, -0.2) is 18.2 Å². The number of anilines is 1. The van der Waals surface area contributed by atoms with Crippen LogP contribution in [0.25, 0.3) is 0 Å². The number of nitrogens with one attached hydrogen (secondary N) is 1. The van der Waals surface area contributed by atoms with Gasteiger partial charge >= 0.3 is 0 Å². The fourth-order valence-electron chi connectivity index (χ4n) is 2.72. The van der Waals surface area contributed by atoms with Crippen LogP contribution in [0.4, 0.5) is 10.1 Å². The number of ether oxygens (including phenoxy) is 1. The molecule has 7 nitrogen and oxygen atoms in total. The van der Waals surface area contributed by atoms with Crippen LogP contribution in [-0.2, 0) is 0 Å². The van der Waals surface area contributed by atoms with Crippen molar-refractivity contribution in [3.05, 3.63) is 83.7 Å². The van der Waals surface area contributed by atoms with Gasteiger partial charge in [-0.3, -0.25) is 9.59 Å². The average molecular weight is 409 g/mol. The largest absolute Gasteiger partial charge is 0.455 e. The summed E-state index contributed by atoms with van der Waals surface area (Å²) in [6.07, 6.45) is 0.0448. The number of hydrogen-bond acceptors (Lipinski definition) is 6. The number of nitrogen functional groups attached to an aromatic ring is 1. The van der Waals surface area contributed by atoms with Crippen molar-refractivity contribution in [2.24, 2.45) is 5.90 Å². The van der Waals surface area contributed by atoms with E-state index >= 15 is 0 Å². The maximum atomic E-state index is 12.9. The molecule has 0 aromatic heterocycles. The predicted octanol–water partition coefficient (Wildman–Crippen LogP) is 3.46. The summed E-state index contributed by atoms with van der Waals surface area (Å²) < 4.78 is 18.7. The van der Waals surface area contributed by atoms with E-state index in [1.165, 1.54) is 24.3 Å². The van der Waals surface area contributed by atoms with Crippen LogP contribution >= 0.6 is 0 Å². The molecule has 0 fully saturated rings. The predicted molar refractivity (Wildman–Crippen MR) is 110 cm³/mol. The Morgan fingerprint density at radius 3 is 2.27 bits per heavy atom. The third kappa shape index (κ3) is 5.12. The van der Waals surface area contributed by atoms with E-state index in [1.807, 2.05) is 0 Å². The van der Waals surface area contributed by atoms with Gasteiger partial charge in [0, 0.05) is 24.1 Å². The number of carbonyl (C=O) groups excluding carboxylic acids is 2. The lowest BCUT2D eigenvalue weighted by Gasteiger charge is -2.12. The molecular weight excluding hydrogens is 389 g/mol. The summed E-state index contributed by atoms with van der Waals surface area (Å²) in [4.78, 5) is 29.2. The van der Waals surface area contributed by atoms with Crippen molar-refractivity contribution in [3.8, 4) is 17.2 Å². The summed E-state index contributed by atoms with van der Waals surface area (Å²) in [5.41, 5.74) is 6.92. The first-order chi connectivity index (χ1) is 14.5. The van der Waals surface area contributed by atoms with Crippen LogP contribution in [0, 0.1) is 5.82 Å². The van der Waals surface area contributed by atoms with Gasteiger partial charge in [0.25, 0.3) is 5.91 Å². The Kier molecular flexibility index (Phi) is 6.61. The van der Waals surface area contributed by atoms with Gasteiger partial charge in [-0.2, -0.15) is 5.90 Å². The van der Waals surface area contributed by atoms with Crippen LogP contribution in [0.15, 0.2) is 66.7 Å². The fourth-order valence-corrected chi connectivity index (χ4v) is 2.72. The molecule has 0 saturated carbocycles. The summed E-state index contributed by atoms with van der Waals surface area (Å²) in [6.45, 7) is 0.111. The molecule has 3 aromatic carbocycles. The molecule has 30 heavy (non-hydrogen) atoms. The molecule has 5 N–H and O–H groups in total. The van der Waals surface area contributed by atoms with E-state index in [0.29, 0.717) is 28.4 Å². The Bertz CT molecular complexity index is 1040. The van der Waals surface area contributed by atoms with E-state index < -0.39 is 11.7 Å². The first-order valence-electron chi connectivity index (χ1n) is 9.08. The topological polar surface area (TPSA) is 117 Å². The van der Waals surface area contributed by atoms with Gasteiger partial charge in [0.15, 0.2) is 11.5 Å². The lowest BCUT2D eigenvalue weighted by atomic mass is 10.1. The van der Waals surface area contributed by atoms with Gasteiger partial charge < -0.3 is 20.6 Å². The summed E-state index contributed by atoms with van der Waals surface area (Å²) in [7, 11) is 0. The second-order valence-corrected chi connectivity index (χ2v) is 6.34. The van der Waals surface area contributed by atoms with E-state index in [1.54, 1.807) is 42.5 Å². The van der Waals surface area contributed by atoms with E-state index in [2.05, 4.69) is 10.2 Å². The Morgan fingerprint density at radius 2 is 1.60 bits per heavy atom. The van der Waals surface area contributed by atoms with Crippen molar-refractivity contribution in [2.75, 3.05) is 12.3 Å². The molecule has 0 heterocycles. The highest BCUT2D eigenvalue weighted by molar-refractivity contribution is 6.02. The summed E-state index contributed by atoms with van der Waals surface area (Å²) in [6, 6.07) is 16.6. The van der Waals surface area contributed by atoms with Crippen molar-refractivity contribution in [3.63, 3.8) is 0 Å². The van der Waals surface area contributed by atoms with Crippen molar-refractivity contribution in [1.82, 2.24) is 5.32 Å². The number of carbonyl (C=O) groups is 2. The van der Waals surface area contributed by atoms with E-state index in [4.69, 9.17) is 16.4 Å². The van der Waals surface area contributed by atoms with Crippen molar-refractivity contribution in [2.45, 2.75) is 6.42 Å². The van der Waals surface area contributed by atoms with E-state index in [-0.39, 0.29) is 24.4 Å². The molecule has 8 heteroatoms. The van der Waals surface area contributed by atoms with Gasteiger partial charge in [-0.1, -0.05) is 6.07 Å². The van der Waals surface area contributed by atoms with E-state index in [9.17, 15) is 14.0 Å². The molecule has 0 aliphatic rings. The SMILES string of the molecule is NOc1ccc(Oc2cccc(C(=O)CCNC(=O)c3ccc(F)cc3)c2N)cc1. The minimum Gasteiger partial charge on any atom is -0.455 e. The third-order valence-electron chi connectivity index (χ3n) is 4.30. The number of hydrogen-bond donors (Lipinski definition) is 3. The molecular formula is C22H20FN3O4. The normalized spacial score (nSPS) is 10.3. The standard InChI is InChI=1S/C22H20FN3O4/c23-15-6-4-14(5-7-15)22(28)26-13-12-19(27)18-2-1-3-20(21(18)24)29-16-8-10-17(30-25)11-9-16/h1-11H,12-13,24-25H2,(H,26,28). The number of halogens is 1. The first kappa shape index (κ1) is 20.8. The van der Waals surface area contributed by atoms with E-state index in [0.717, 1.165) is 0 Å². The van der Waals surface area contributed by atoms with Crippen LogP contribution < -0.4 is 26.5 Å². The zero-order valence-corrected chi connectivity index (χ0v) is 15.9. The molecule has 0 radical (unpaired) electrons. The van der Waals surface area contributed by atoms with Crippen LogP contribution in [0.3, 0.4) is 0 Å². The highest BCUT2D eigenvalue weighted by Gasteiger charge is 2.15.